The highest BCUT2D eigenvalue weighted by atomic mass is 32.2. The van der Waals surface area contributed by atoms with Crippen LogP contribution in [0.4, 0.5) is 5.69 Å². The summed E-state index contributed by atoms with van der Waals surface area (Å²) in [4.78, 5) is 16.5. The first-order valence-corrected chi connectivity index (χ1v) is 16.2. The summed E-state index contributed by atoms with van der Waals surface area (Å²) >= 11 is 0. The summed E-state index contributed by atoms with van der Waals surface area (Å²) in [6.45, 7) is 4.73. The highest BCUT2D eigenvalue weighted by Crippen LogP contribution is 2.38. The second-order valence-electron chi connectivity index (χ2n) is 11.5. The number of rotatable bonds is 7. The van der Waals surface area contributed by atoms with Gasteiger partial charge < -0.3 is 14.7 Å². The first-order valence-electron chi connectivity index (χ1n) is 14.1. The third kappa shape index (κ3) is 5.40. The molecule has 5 heterocycles. The molecule has 6 rings (SSSR count). The lowest BCUT2D eigenvalue weighted by Gasteiger charge is -2.48. The van der Waals surface area contributed by atoms with Crippen molar-refractivity contribution in [3.63, 3.8) is 0 Å². The van der Waals surface area contributed by atoms with E-state index in [2.05, 4.69) is 22.9 Å². The van der Waals surface area contributed by atoms with Gasteiger partial charge in [-0.3, -0.25) is 9.97 Å². The smallest absolute Gasteiger partial charge is 0.156 e. The van der Waals surface area contributed by atoms with Gasteiger partial charge in [0.1, 0.15) is 15.6 Å². The van der Waals surface area contributed by atoms with Gasteiger partial charge in [-0.1, -0.05) is 0 Å². The molecule has 0 bridgehead atoms. The summed E-state index contributed by atoms with van der Waals surface area (Å²) in [5.41, 5.74) is 5.23. The summed E-state index contributed by atoms with van der Waals surface area (Å²) in [7, 11) is -1.42. The van der Waals surface area contributed by atoms with Crippen molar-refractivity contribution in [1.82, 2.24) is 24.7 Å². The molecule has 2 aliphatic rings. The van der Waals surface area contributed by atoms with Crippen LogP contribution in [0.5, 0.6) is 5.75 Å². The predicted octanol–water partition coefficient (Wildman–Crippen LogP) is 4.08. The lowest BCUT2D eigenvalue weighted by molar-refractivity contribution is 0.122. The van der Waals surface area contributed by atoms with E-state index in [0.717, 1.165) is 64.9 Å². The lowest BCUT2D eigenvalue weighted by atomic mass is 9.84. The van der Waals surface area contributed by atoms with Crippen molar-refractivity contribution in [3.05, 3.63) is 54.2 Å². The Morgan fingerprint density at radius 1 is 1.10 bits per heavy atom. The molecule has 2 atom stereocenters. The topological polar surface area (TPSA) is 123 Å². The Kier molecular flexibility index (Phi) is 7.19. The summed E-state index contributed by atoms with van der Waals surface area (Å²) < 4.78 is 31.4. The molecule has 0 spiro atoms. The van der Waals surface area contributed by atoms with Crippen molar-refractivity contribution in [2.45, 2.75) is 57.6 Å². The van der Waals surface area contributed by atoms with Crippen LogP contribution < -0.4 is 9.64 Å². The zero-order valence-corrected chi connectivity index (χ0v) is 24.7. The number of aryl methyl sites for hydroxylation is 1. The van der Waals surface area contributed by atoms with Gasteiger partial charge in [0, 0.05) is 71.6 Å². The third-order valence-corrected chi connectivity index (χ3v) is 9.67. The van der Waals surface area contributed by atoms with E-state index in [0.29, 0.717) is 18.1 Å². The molecule has 1 aliphatic heterocycles. The van der Waals surface area contributed by atoms with Gasteiger partial charge in [0.15, 0.2) is 5.82 Å². The van der Waals surface area contributed by atoms with Crippen LogP contribution in [0.15, 0.2) is 42.9 Å². The number of sulfone groups is 1. The number of aliphatic hydroxyl groups excluding tert-OH is 1. The molecule has 41 heavy (non-hydrogen) atoms. The average Bonchev–Trinajstić information content (AvgIpc) is 3.39. The quantitative estimate of drug-likeness (QED) is 0.347. The molecule has 2 fully saturated rings. The molecule has 0 radical (unpaired) electrons. The van der Waals surface area contributed by atoms with Gasteiger partial charge in [-0.15, -0.1) is 0 Å². The largest absolute Gasteiger partial charge is 0.496 e. The number of ether oxygens (including phenoxy) is 1. The number of hydrogen-bond donors (Lipinski definition) is 1. The SMILES string of the molecule is COc1ccncc1-c1cc2c(cnn2-c2cc(N3C[C@H](CS(C)(=O)=O)[C@H]3C)cc(C3CCC(O)CC3)n2)c(C)n1. The molecule has 0 unspecified atom stereocenters. The maximum absolute atomic E-state index is 12.0. The van der Waals surface area contributed by atoms with Crippen molar-refractivity contribution in [2.24, 2.45) is 5.92 Å². The number of fused-ring (bicyclic) bond motifs is 1. The minimum Gasteiger partial charge on any atom is -0.496 e. The number of aliphatic hydroxyl groups is 1. The van der Waals surface area contributed by atoms with E-state index >= 15 is 0 Å². The summed E-state index contributed by atoms with van der Waals surface area (Å²) in [6, 6.07) is 8.09. The number of nitrogens with zero attached hydrogens (tertiary/aromatic N) is 6. The molecule has 4 aromatic rings. The fraction of sp³-hybridized carbons (Fsp3) is 0.467. The van der Waals surface area contributed by atoms with Crippen molar-refractivity contribution < 1.29 is 18.3 Å². The van der Waals surface area contributed by atoms with Crippen LogP contribution in [-0.4, -0.2) is 76.1 Å². The number of pyridine rings is 3. The Bertz CT molecular complexity index is 1700. The van der Waals surface area contributed by atoms with E-state index < -0.39 is 9.84 Å². The minimum atomic E-state index is -3.05. The van der Waals surface area contributed by atoms with Crippen molar-refractivity contribution in [2.75, 3.05) is 30.6 Å². The van der Waals surface area contributed by atoms with Crippen LogP contribution in [0.1, 0.15) is 49.9 Å². The Morgan fingerprint density at radius 2 is 1.88 bits per heavy atom. The molecule has 10 nitrogen and oxygen atoms in total. The van der Waals surface area contributed by atoms with Gasteiger partial charge >= 0.3 is 0 Å². The van der Waals surface area contributed by atoms with Gasteiger partial charge in [-0.05, 0) is 57.7 Å². The molecule has 1 saturated heterocycles. The number of anilines is 1. The van der Waals surface area contributed by atoms with E-state index in [9.17, 15) is 13.5 Å². The Balaban J connectivity index is 1.44. The van der Waals surface area contributed by atoms with Crippen LogP contribution >= 0.6 is 0 Å². The van der Waals surface area contributed by atoms with E-state index in [-0.39, 0.29) is 29.7 Å². The first-order chi connectivity index (χ1) is 19.6. The zero-order valence-electron chi connectivity index (χ0n) is 23.9. The minimum absolute atomic E-state index is 0.0890. The van der Waals surface area contributed by atoms with E-state index in [1.165, 1.54) is 6.26 Å². The van der Waals surface area contributed by atoms with Gasteiger partial charge in [0.25, 0.3) is 0 Å². The molecule has 1 aliphatic carbocycles. The molecular weight excluding hydrogens is 540 g/mol. The van der Waals surface area contributed by atoms with E-state index in [4.69, 9.17) is 19.8 Å². The molecule has 1 saturated carbocycles. The Hall–Kier alpha value is -3.57. The van der Waals surface area contributed by atoms with Gasteiger partial charge in [-0.25, -0.2) is 18.1 Å². The van der Waals surface area contributed by atoms with E-state index in [1.807, 2.05) is 36.0 Å². The number of methoxy groups -OCH3 is 1. The molecule has 11 heteroatoms. The van der Waals surface area contributed by atoms with Crippen LogP contribution in [0.25, 0.3) is 28.0 Å². The highest BCUT2D eigenvalue weighted by molar-refractivity contribution is 7.90. The Morgan fingerprint density at radius 3 is 2.59 bits per heavy atom. The van der Waals surface area contributed by atoms with Crippen LogP contribution in [-0.2, 0) is 9.84 Å². The van der Waals surface area contributed by atoms with Gasteiger partial charge in [-0.2, -0.15) is 5.10 Å². The molecule has 4 aromatic heterocycles. The first kappa shape index (κ1) is 27.6. The third-order valence-electron chi connectivity index (χ3n) is 8.64. The zero-order chi connectivity index (χ0) is 28.9. The second-order valence-corrected chi connectivity index (χ2v) is 13.7. The molecule has 1 N–H and O–H groups in total. The van der Waals surface area contributed by atoms with Crippen molar-refractivity contribution >= 4 is 26.4 Å². The van der Waals surface area contributed by atoms with Gasteiger partial charge in [0.2, 0.25) is 0 Å². The fourth-order valence-corrected chi connectivity index (χ4v) is 7.40. The Labute approximate surface area is 240 Å². The van der Waals surface area contributed by atoms with Crippen molar-refractivity contribution in [1.29, 1.82) is 0 Å². The van der Waals surface area contributed by atoms with Crippen LogP contribution in [0.3, 0.4) is 0 Å². The summed E-state index contributed by atoms with van der Waals surface area (Å²) in [5, 5.41) is 15.8. The summed E-state index contributed by atoms with van der Waals surface area (Å²) in [6.07, 6.45) is 9.57. The average molecular weight is 577 g/mol. The normalized spacial score (nSPS) is 23.0. The lowest BCUT2D eigenvalue weighted by Crippen LogP contribution is -2.57. The second kappa shape index (κ2) is 10.7. The standard InChI is InChI=1S/C30H36N6O4S/c1-18-24-15-32-36(28(24)13-27(33-18)25-14-31-10-9-29(25)40-3)30-12-22(35-16-21(19(35)2)17-41(4,38)39)11-26(34-30)20-5-7-23(37)8-6-20/h9-15,19-21,23,37H,5-8,16-17H2,1-4H3/t19-,20?,21-,23?/m1/s1. The number of aromatic nitrogens is 5. The van der Waals surface area contributed by atoms with Crippen molar-refractivity contribution in [3.8, 4) is 22.8 Å². The molecular formula is C30H36N6O4S. The molecule has 216 valence electrons. The number of hydrogen-bond acceptors (Lipinski definition) is 9. The molecule has 0 amide bonds. The maximum Gasteiger partial charge on any atom is 0.156 e. The van der Waals surface area contributed by atoms with Crippen LogP contribution in [0.2, 0.25) is 0 Å². The summed E-state index contributed by atoms with van der Waals surface area (Å²) in [5.74, 6) is 1.90. The predicted molar refractivity (Wildman–Crippen MR) is 158 cm³/mol. The monoisotopic (exact) mass is 576 g/mol. The fourth-order valence-electron chi connectivity index (χ4n) is 6.24. The highest BCUT2D eigenvalue weighted by Gasteiger charge is 2.38. The van der Waals surface area contributed by atoms with Gasteiger partial charge in [0.05, 0.1) is 41.9 Å². The van der Waals surface area contributed by atoms with E-state index in [1.54, 1.807) is 19.5 Å². The molecule has 0 aromatic carbocycles. The maximum atomic E-state index is 12.0. The van der Waals surface area contributed by atoms with Crippen LogP contribution in [0, 0.1) is 12.8 Å².